The standard InChI is InChI=1S/C51H66Br2N2O3S/c1-6-7-8-9-12-15-18-31-47(53)55-43-35-33-40-41(27-23-28-44(40)59(56,57)58)49(43)51(4,5)46(55)30-24-29-45-50(2,3)48-39-26-20-19-25-38(39)32-34-42(48)54(45)37-22-17-14-11-10-13-16-21-36-52/h19-20,23-30,32-35,47H,6-18,21-22,31,36-37H2,1-5H3/p+1. The van der Waals surface area contributed by atoms with Crippen molar-refractivity contribution in [2.45, 2.75) is 158 Å². The second-order valence-corrected chi connectivity index (χ2v) is 21.1. The van der Waals surface area contributed by atoms with E-state index in [2.05, 4.69) is 137 Å². The van der Waals surface area contributed by atoms with Crippen LogP contribution in [-0.4, -0.2) is 40.1 Å². The monoisotopic (exact) mass is 945 g/mol. The summed E-state index contributed by atoms with van der Waals surface area (Å²) in [5.41, 5.74) is 6.72. The maximum atomic E-state index is 12.5. The summed E-state index contributed by atoms with van der Waals surface area (Å²) < 4.78 is 37.9. The fourth-order valence-corrected chi connectivity index (χ4v) is 11.7. The van der Waals surface area contributed by atoms with Crippen molar-refractivity contribution in [1.29, 1.82) is 0 Å². The lowest BCUT2D eigenvalue weighted by Crippen LogP contribution is -2.32. The van der Waals surface area contributed by atoms with Crippen LogP contribution in [0.3, 0.4) is 0 Å². The lowest BCUT2D eigenvalue weighted by atomic mass is 9.79. The van der Waals surface area contributed by atoms with Gasteiger partial charge in [-0.25, -0.2) is 0 Å². The van der Waals surface area contributed by atoms with Crippen LogP contribution in [-0.2, 0) is 20.9 Å². The molecule has 0 radical (unpaired) electrons. The Morgan fingerprint density at radius 3 is 2.05 bits per heavy atom. The summed E-state index contributed by atoms with van der Waals surface area (Å²) in [5, 5.41) is 5.12. The van der Waals surface area contributed by atoms with E-state index in [-0.39, 0.29) is 15.3 Å². The zero-order valence-electron chi connectivity index (χ0n) is 36.2. The molecular formula is C51H67Br2N2O3S+. The number of rotatable bonds is 22. The number of anilines is 1. The molecule has 1 N–H and O–H groups in total. The van der Waals surface area contributed by atoms with Gasteiger partial charge in [0.1, 0.15) is 11.4 Å². The third-order valence-corrected chi connectivity index (χ3v) is 15.3. The fraction of sp³-hybridized carbons (Fsp3) is 0.510. The largest absolute Gasteiger partial charge is 0.331 e. The maximum Gasteiger partial charge on any atom is 0.295 e. The van der Waals surface area contributed by atoms with Crippen molar-refractivity contribution in [2.24, 2.45) is 0 Å². The van der Waals surface area contributed by atoms with Crippen LogP contribution < -0.4 is 4.90 Å². The molecule has 0 aromatic heterocycles. The first-order valence-electron chi connectivity index (χ1n) is 22.4. The van der Waals surface area contributed by atoms with Gasteiger partial charge in [-0.2, -0.15) is 13.0 Å². The molecule has 5 nitrogen and oxygen atoms in total. The minimum Gasteiger partial charge on any atom is -0.331 e. The second-order valence-electron chi connectivity index (χ2n) is 17.9. The number of nitrogens with zero attached hydrogens (tertiary/aromatic N) is 2. The van der Waals surface area contributed by atoms with Crippen molar-refractivity contribution in [3.8, 4) is 0 Å². The molecule has 0 saturated heterocycles. The summed E-state index contributed by atoms with van der Waals surface area (Å²) in [5.74, 6) is 0. The van der Waals surface area contributed by atoms with E-state index in [1.165, 1.54) is 123 Å². The summed E-state index contributed by atoms with van der Waals surface area (Å²) in [6, 6.07) is 22.6. The molecule has 6 rings (SSSR count). The Hall–Kier alpha value is -2.78. The van der Waals surface area contributed by atoms with E-state index in [1.807, 2.05) is 12.1 Å². The van der Waals surface area contributed by atoms with Crippen molar-refractivity contribution < 1.29 is 17.5 Å². The highest BCUT2D eigenvalue weighted by Gasteiger charge is 2.46. The van der Waals surface area contributed by atoms with Crippen molar-refractivity contribution in [3.63, 3.8) is 0 Å². The number of benzene rings is 4. The number of halogens is 2. The molecular weight excluding hydrogens is 880 g/mol. The lowest BCUT2D eigenvalue weighted by molar-refractivity contribution is -0.438. The van der Waals surface area contributed by atoms with Gasteiger partial charge in [-0.15, -0.1) is 0 Å². The van der Waals surface area contributed by atoms with E-state index in [4.69, 9.17) is 0 Å². The fourth-order valence-electron chi connectivity index (χ4n) is 9.88. The Morgan fingerprint density at radius 2 is 1.36 bits per heavy atom. The molecule has 0 saturated carbocycles. The van der Waals surface area contributed by atoms with Crippen molar-refractivity contribution in [1.82, 2.24) is 0 Å². The number of alkyl halides is 2. The molecule has 1 atom stereocenters. The molecule has 318 valence electrons. The molecule has 0 spiro atoms. The number of hydrogen-bond acceptors (Lipinski definition) is 3. The van der Waals surface area contributed by atoms with Gasteiger partial charge in [0.15, 0.2) is 5.71 Å². The van der Waals surface area contributed by atoms with Crippen LogP contribution in [0.5, 0.6) is 0 Å². The van der Waals surface area contributed by atoms with Gasteiger partial charge in [0.2, 0.25) is 5.69 Å². The number of allylic oxidation sites excluding steroid dienone is 4. The summed E-state index contributed by atoms with van der Waals surface area (Å²) >= 11 is 7.74. The lowest BCUT2D eigenvalue weighted by Gasteiger charge is -2.31. The predicted molar refractivity (Wildman–Crippen MR) is 259 cm³/mol. The van der Waals surface area contributed by atoms with Gasteiger partial charge in [0.05, 0.1) is 10.4 Å². The average molecular weight is 948 g/mol. The third-order valence-electron chi connectivity index (χ3n) is 12.9. The van der Waals surface area contributed by atoms with Gasteiger partial charge in [-0.05, 0) is 79.1 Å². The molecule has 0 aliphatic carbocycles. The first-order chi connectivity index (χ1) is 28.3. The van der Waals surface area contributed by atoms with Crippen LogP contribution in [0.4, 0.5) is 11.4 Å². The minimum absolute atomic E-state index is 0.0479. The van der Waals surface area contributed by atoms with Crippen molar-refractivity contribution in [2.75, 3.05) is 16.8 Å². The maximum absolute atomic E-state index is 12.5. The van der Waals surface area contributed by atoms with E-state index >= 15 is 0 Å². The highest BCUT2D eigenvalue weighted by molar-refractivity contribution is 9.09. The Labute approximate surface area is 372 Å². The van der Waals surface area contributed by atoms with E-state index in [1.54, 1.807) is 6.07 Å². The van der Waals surface area contributed by atoms with Gasteiger partial charge >= 0.3 is 0 Å². The number of fused-ring (bicyclic) bond motifs is 6. The summed E-state index contributed by atoms with van der Waals surface area (Å²) in [4.78, 5) is 2.46. The molecule has 0 amide bonds. The molecule has 8 heteroatoms. The quantitative estimate of drug-likeness (QED) is 0.0280. The minimum atomic E-state index is -4.40. The summed E-state index contributed by atoms with van der Waals surface area (Å²) in [7, 11) is -4.40. The van der Waals surface area contributed by atoms with Gasteiger partial charge in [-0.3, -0.25) is 4.55 Å². The normalized spacial score (nSPS) is 17.2. The van der Waals surface area contributed by atoms with E-state index in [9.17, 15) is 13.0 Å². The average Bonchev–Trinajstić information content (AvgIpc) is 3.57. The summed E-state index contributed by atoms with van der Waals surface area (Å²) in [6.45, 7) is 12.5. The van der Waals surface area contributed by atoms with Gasteiger partial charge < -0.3 is 4.90 Å². The first kappa shape index (κ1) is 45.7. The van der Waals surface area contributed by atoms with Crippen LogP contribution in [0.15, 0.2) is 95.6 Å². The van der Waals surface area contributed by atoms with Gasteiger partial charge in [-0.1, -0.05) is 178 Å². The van der Waals surface area contributed by atoms with E-state index in [0.717, 1.165) is 47.8 Å². The first-order valence-corrected chi connectivity index (χ1v) is 25.9. The summed E-state index contributed by atoms with van der Waals surface area (Å²) in [6.07, 6.45) is 26.9. The van der Waals surface area contributed by atoms with Crippen LogP contribution in [0.1, 0.15) is 148 Å². The second kappa shape index (κ2) is 20.4. The SMILES string of the molecule is CCCCCCCCCC(Br)N1C(=CC=CC2=[N+](CCCCCCCCCCBr)c3ccc4ccccc4c3C2(C)C)C(C)(C)c2c1ccc1c(S(=O)(=O)O)cccc21. The van der Waals surface area contributed by atoms with Crippen LogP contribution in [0, 0.1) is 0 Å². The smallest absolute Gasteiger partial charge is 0.295 e. The van der Waals surface area contributed by atoms with Crippen LogP contribution >= 0.6 is 31.9 Å². The molecule has 0 bridgehead atoms. The Kier molecular flexibility index (Phi) is 15.8. The molecule has 4 aromatic carbocycles. The Balaban J connectivity index is 1.35. The van der Waals surface area contributed by atoms with Crippen LogP contribution in [0.2, 0.25) is 0 Å². The highest BCUT2D eigenvalue weighted by Crippen LogP contribution is 2.53. The molecule has 2 aliphatic heterocycles. The van der Waals surface area contributed by atoms with Crippen molar-refractivity contribution >= 4 is 80.6 Å². The van der Waals surface area contributed by atoms with E-state index < -0.39 is 15.5 Å². The van der Waals surface area contributed by atoms with Gasteiger partial charge in [0, 0.05) is 51.6 Å². The molecule has 2 aliphatic rings. The zero-order valence-corrected chi connectivity index (χ0v) is 40.2. The highest BCUT2D eigenvalue weighted by atomic mass is 79.9. The molecule has 1 unspecified atom stereocenters. The topological polar surface area (TPSA) is 60.6 Å². The molecule has 59 heavy (non-hydrogen) atoms. The third kappa shape index (κ3) is 10.1. The Bertz CT molecular complexity index is 2290. The predicted octanol–water partition coefficient (Wildman–Crippen LogP) is 15.2. The molecule has 4 aromatic rings. The van der Waals surface area contributed by atoms with Crippen LogP contribution in [0.25, 0.3) is 21.5 Å². The number of hydrogen-bond donors (Lipinski definition) is 1. The molecule has 2 heterocycles. The van der Waals surface area contributed by atoms with Crippen molar-refractivity contribution in [3.05, 3.63) is 102 Å². The van der Waals surface area contributed by atoms with E-state index in [0.29, 0.717) is 5.39 Å². The Morgan fingerprint density at radius 1 is 0.712 bits per heavy atom. The number of unbranched alkanes of at least 4 members (excludes halogenated alkanes) is 13. The van der Waals surface area contributed by atoms with Gasteiger partial charge in [0.25, 0.3) is 10.1 Å². The zero-order chi connectivity index (χ0) is 42.2. The molecule has 0 fully saturated rings.